The Hall–Kier alpha value is -2.11. The molecule has 0 unspecified atom stereocenters. The SMILES string of the molecule is Cc1ccc(OC[C@@H](O)C[NH+]2CCN(c3ccccc3F)CC2)cc1C. The molecular formula is C21H28FN2O2+. The number of para-hydroxylation sites is 1. The lowest BCUT2D eigenvalue weighted by Crippen LogP contribution is -3.16. The first kappa shape index (κ1) is 18.7. The Kier molecular flexibility index (Phi) is 6.12. The number of aryl methyl sites for hydroxylation is 2. The second-order valence-corrected chi connectivity index (χ2v) is 7.10. The quantitative estimate of drug-likeness (QED) is 0.823. The molecule has 1 saturated heterocycles. The Labute approximate surface area is 154 Å². The zero-order valence-corrected chi connectivity index (χ0v) is 15.5. The van der Waals surface area contributed by atoms with Crippen molar-refractivity contribution in [2.45, 2.75) is 20.0 Å². The molecule has 26 heavy (non-hydrogen) atoms. The van der Waals surface area contributed by atoms with E-state index in [1.54, 1.807) is 6.07 Å². The van der Waals surface area contributed by atoms with Gasteiger partial charge in [-0.05, 0) is 49.2 Å². The van der Waals surface area contributed by atoms with Gasteiger partial charge in [-0.1, -0.05) is 18.2 Å². The molecule has 2 N–H and O–H groups in total. The highest BCUT2D eigenvalue weighted by molar-refractivity contribution is 5.47. The summed E-state index contributed by atoms with van der Waals surface area (Å²) < 4.78 is 19.6. The lowest BCUT2D eigenvalue weighted by atomic mass is 10.1. The number of nitrogens with zero attached hydrogens (tertiary/aromatic N) is 1. The van der Waals surface area contributed by atoms with Crippen LogP contribution in [0.2, 0.25) is 0 Å². The Morgan fingerprint density at radius 2 is 1.85 bits per heavy atom. The molecule has 5 heteroatoms. The summed E-state index contributed by atoms with van der Waals surface area (Å²) in [5.74, 6) is 0.629. The van der Waals surface area contributed by atoms with Gasteiger partial charge in [0.1, 0.15) is 30.8 Å². The van der Waals surface area contributed by atoms with Gasteiger partial charge in [0.05, 0.1) is 31.9 Å². The molecule has 140 valence electrons. The molecule has 3 rings (SSSR count). The lowest BCUT2D eigenvalue weighted by molar-refractivity contribution is -0.903. The second-order valence-electron chi connectivity index (χ2n) is 7.10. The van der Waals surface area contributed by atoms with Crippen LogP contribution in [0.25, 0.3) is 0 Å². The van der Waals surface area contributed by atoms with Crippen LogP contribution < -0.4 is 14.5 Å². The number of halogens is 1. The Morgan fingerprint density at radius 1 is 1.12 bits per heavy atom. The average Bonchev–Trinajstić information content (AvgIpc) is 2.64. The van der Waals surface area contributed by atoms with Crippen molar-refractivity contribution in [1.29, 1.82) is 0 Å². The third-order valence-corrected chi connectivity index (χ3v) is 5.11. The van der Waals surface area contributed by atoms with Crippen LogP contribution in [0.15, 0.2) is 42.5 Å². The number of piperazine rings is 1. The van der Waals surface area contributed by atoms with Crippen molar-refractivity contribution in [2.75, 3.05) is 44.2 Å². The van der Waals surface area contributed by atoms with Gasteiger partial charge in [-0.3, -0.25) is 0 Å². The van der Waals surface area contributed by atoms with Gasteiger partial charge in [0, 0.05) is 0 Å². The standard InChI is InChI=1S/C21H27FN2O2/c1-16-7-8-19(13-17(16)2)26-15-18(25)14-23-9-11-24(12-10-23)21-6-4-3-5-20(21)22/h3-8,13,18,25H,9-12,14-15H2,1-2H3/p+1/t18-/m0/s1. The van der Waals surface area contributed by atoms with E-state index in [4.69, 9.17) is 4.74 Å². The Bertz CT molecular complexity index is 730. The van der Waals surface area contributed by atoms with E-state index < -0.39 is 6.10 Å². The summed E-state index contributed by atoms with van der Waals surface area (Å²) in [7, 11) is 0. The van der Waals surface area contributed by atoms with Gasteiger partial charge < -0.3 is 19.6 Å². The smallest absolute Gasteiger partial charge is 0.146 e. The summed E-state index contributed by atoms with van der Waals surface area (Å²) in [4.78, 5) is 3.41. The van der Waals surface area contributed by atoms with Crippen molar-refractivity contribution in [3.8, 4) is 5.75 Å². The summed E-state index contributed by atoms with van der Waals surface area (Å²) in [6.45, 7) is 8.42. The average molecular weight is 359 g/mol. The maximum absolute atomic E-state index is 13.9. The minimum atomic E-state index is -0.508. The van der Waals surface area contributed by atoms with Gasteiger partial charge >= 0.3 is 0 Å². The largest absolute Gasteiger partial charge is 0.491 e. The molecule has 1 fully saturated rings. The van der Waals surface area contributed by atoms with Crippen LogP contribution in [0.1, 0.15) is 11.1 Å². The normalized spacial score (nSPS) is 16.5. The highest BCUT2D eigenvalue weighted by Gasteiger charge is 2.24. The fourth-order valence-corrected chi connectivity index (χ4v) is 3.36. The van der Waals surface area contributed by atoms with E-state index in [0.717, 1.165) is 31.9 Å². The molecule has 1 aliphatic rings. The van der Waals surface area contributed by atoms with Gasteiger partial charge in [-0.15, -0.1) is 0 Å². The van der Waals surface area contributed by atoms with Crippen LogP contribution in [0.3, 0.4) is 0 Å². The fourth-order valence-electron chi connectivity index (χ4n) is 3.36. The summed E-state index contributed by atoms with van der Waals surface area (Å²) >= 11 is 0. The van der Waals surface area contributed by atoms with Crippen molar-refractivity contribution in [2.24, 2.45) is 0 Å². The van der Waals surface area contributed by atoms with Crippen LogP contribution in [0.5, 0.6) is 5.75 Å². The van der Waals surface area contributed by atoms with E-state index in [9.17, 15) is 9.50 Å². The third-order valence-electron chi connectivity index (χ3n) is 5.11. The molecule has 0 spiro atoms. The van der Waals surface area contributed by atoms with E-state index in [2.05, 4.69) is 18.7 Å². The predicted octanol–water partition coefficient (Wildman–Crippen LogP) is 1.59. The maximum Gasteiger partial charge on any atom is 0.146 e. The predicted molar refractivity (Wildman–Crippen MR) is 102 cm³/mol. The highest BCUT2D eigenvalue weighted by Crippen LogP contribution is 2.18. The van der Waals surface area contributed by atoms with Crippen LogP contribution >= 0.6 is 0 Å². The van der Waals surface area contributed by atoms with E-state index in [1.165, 1.54) is 22.1 Å². The number of quaternary nitrogens is 1. The lowest BCUT2D eigenvalue weighted by Gasteiger charge is -2.34. The number of aliphatic hydroxyl groups excluding tert-OH is 1. The minimum Gasteiger partial charge on any atom is -0.491 e. The van der Waals surface area contributed by atoms with Crippen LogP contribution in [-0.4, -0.2) is 50.5 Å². The van der Waals surface area contributed by atoms with Crippen LogP contribution in [-0.2, 0) is 0 Å². The number of benzene rings is 2. The molecule has 0 aromatic heterocycles. The molecule has 1 atom stereocenters. The first-order valence-corrected chi connectivity index (χ1v) is 9.24. The summed E-state index contributed by atoms with van der Waals surface area (Å²) in [5.41, 5.74) is 3.09. The molecule has 1 aliphatic heterocycles. The molecule has 4 nitrogen and oxygen atoms in total. The molecule has 0 aliphatic carbocycles. The molecule has 0 bridgehead atoms. The van der Waals surface area contributed by atoms with Crippen molar-refractivity contribution < 1.29 is 19.1 Å². The van der Waals surface area contributed by atoms with Gasteiger partial charge in [0.15, 0.2) is 0 Å². The number of ether oxygens (including phenoxy) is 1. The number of nitrogens with one attached hydrogen (secondary N) is 1. The van der Waals surface area contributed by atoms with Crippen molar-refractivity contribution in [3.05, 3.63) is 59.4 Å². The topological polar surface area (TPSA) is 37.1 Å². The monoisotopic (exact) mass is 359 g/mol. The van der Waals surface area contributed by atoms with E-state index in [-0.39, 0.29) is 5.82 Å². The van der Waals surface area contributed by atoms with Crippen molar-refractivity contribution in [1.82, 2.24) is 0 Å². The highest BCUT2D eigenvalue weighted by atomic mass is 19.1. The van der Waals surface area contributed by atoms with E-state index in [1.807, 2.05) is 30.3 Å². The summed E-state index contributed by atoms with van der Waals surface area (Å²) in [6.07, 6.45) is -0.508. The maximum atomic E-state index is 13.9. The number of hydrogen-bond acceptors (Lipinski definition) is 3. The molecule has 2 aromatic carbocycles. The van der Waals surface area contributed by atoms with E-state index >= 15 is 0 Å². The molecule has 1 heterocycles. The molecule has 2 aromatic rings. The Morgan fingerprint density at radius 3 is 2.54 bits per heavy atom. The molecule has 0 radical (unpaired) electrons. The number of hydrogen-bond donors (Lipinski definition) is 2. The van der Waals surface area contributed by atoms with E-state index in [0.29, 0.717) is 18.8 Å². The second kappa shape index (κ2) is 8.52. The van der Waals surface area contributed by atoms with Gasteiger partial charge in [0.25, 0.3) is 0 Å². The fraction of sp³-hybridized carbons (Fsp3) is 0.429. The summed E-state index contributed by atoms with van der Waals surface area (Å²) in [6, 6.07) is 12.9. The summed E-state index contributed by atoms with van der Waals surface area (Å²) in [5, 5.41) is 10.3. The number of anilines is 1. The Balaban J connectivity index is 1.44. The van der Waals surface area contributed by atoms with Crippen molar-refractivity contribution in [3.63, 3.8) is 0 Å². The third kappa shape index (κ3) is 4.74. The zero-order chi connectivity index (χ0) is 18.5. The minimum absolute atomic E-state index is 0.169. The van der Waals surface area contributed by atoms with Crippen LogP contribution in [0, 0.1) is 19.7 Å². The number of aliphatic hydroxyl groups is 1. The first-order valence-electron chi connectivity index (χ1n) is 9.24. The van der Waals surface area contributed by atoms with Crippen molar-refractivity contribution >= 4 is 5.69 Å². The molecular weight excluding hydrogens is 331 g/mol. The van der Waals surface area contributed by atoms with Gasteiger partial charge in [-0.2, -0.15) is 0 Å². The van der Waals surface area contributed by atoms with Crippen LogP contribution in [0.4, 0.5) is 10.1 Å². The zero-order valence-electron chi connectivity index (χ0n) is 15.5. The molecule has 0 saturated carbocycles. The van der Waals surface area contributed by atoms with Gasteiger partial charge in [0.2, 0.25) is 0 Å². The van der Waals surface area contributed by atoms with Gasteiger partial charge in [-0.25, -0.2) is 4.39 Å². The number of rotatable bonds is 6. The molecule has 0 amide bonds. The first-order chi connectivity index (χ1) is 12.5.